The molecule has 0 saturated carbocycles. The highest BCUT2D eigenvalue weighted by atomic mass is 31.2. The van der Waals surface area contributed by atoms with Gasteiger partial charge >= 0.3 is 7.82 Å². The van der Waals surface area contributed by atoms with Crippen molar-refractivity contribution in [2.24, 2.45) is 5.73 Å². The molecule has 4 N–H and O–H groups in total. The summed E-state index contributed by atoms with van der Waals surface area (Å²) in [4.78, 5) is 26.1. The second kappa shape index (κ2) is 3.68. The number of carbonyl (C=O) groups is 1. The van der Waals surface area contributed by atoms with Crippen LogP contribution in [0.15, 0.2) is 0 Å². The number of phosphoric ester groups is 1. The van der Waals surface area contributed by atoms with Gasteiger partial charge in [-0.05, 0) is 0 Å². The third-order valence-corrected chi connectivity index (χ3v) is 1.13. The molecule has 0 heterocycles. The largest absolute Gasteiger partial charge is 0.469 e. The van der Waals surface area contributed by atoms with E-state index in [0.29, 0.717) is 0 Å². The molecule has 0 fully saturated rings. The van der Waals surface area contributed by atoms with E-state index >= 15 is 0 Å². The van der Waals surface area contributed by atoms with Crippen molar-refractivity contribution in [1.82, 2.24) is 0 Å². The van der Waals surface area contributed by atoms with Gasteiger partial charge in [0.1, 0.15) is 0 Å². The third kappa shape index (κ3) is 7.58. The number of hydrogen-bond acceptors (Lipinski definition) is 3. The molecule has 0 aliphatic heterocycles. The number of phosphoric acid groups is 1. The Labute approximate surface area is 57.2 Å². The van der Waals surface area contributed by atoms with Crippen LogP contribution in [0.25, 0.3) is 0 Å². The molecule has 0 unspecified atom stereocenters. The highest BCUT2D eigenvalue weighted by Crippen LogP contribution is 2.35. The van der Waals surface area contributed by atoms with Crippen molar-refractivity contribution in [2.45, 2.75) is 6.42 Å². The first-order valence-corrected chi connectivity index (χ1v) is 3.93. The lowest BCUT2D eigenvalue weighted by Crippen LogP contribution is -2.12. The topological polar surface area (TPSA) is 110 Å². The molecule has 0 aliphatic rings. The van der Waals surface area contributed by atoms with E-state index < -0.39 is 13.7 Å². The molecule has 0 rings (SSSR count). The molecule has 7 heteroatoms. The minimum absolute atomic E-state index is 0.189. The number of rotatable bonds is 4. The molecule has 0 spiro atoms. The van der Waals surface area contributed by atoms with E-state index in [1.165, 1.54) is 0 Å². The number of primary amides is 1. The fraction of sp³-hybridized carbons (Fsp3) is 0.667. The van der Waals surface area contributed by atoms with E-state index in [2.05, 4.69) is 10.3 Å². The second-order valence-corrected chi connectivity index (χ2v) is 2.78. The Hall–Kier alpha value is -0.420. The van der Waals surface area contributed by atoms with Gasteiger partial charge in [-0.1, -0.05) is 0 Å². The smallest absolute Gasteiger partial charge is 0.370 e. The van der Waals surface area contributed by atoms with E-state index in [1.54, 1.807) is 0 Å². The molecule has 0 aromatic rings. The maximum atomic E-state index is 9.97. The van der Waals surface area contributed by atoms with Crippen LogP contribution in [0.1, 0.15) is 6.42 Å². The summed E-state index contributed by atoms with van der Waals surface area (Å²) in [7, 11) is -4.43. The zero-order valence-corrected chi connectivity index (χ0v) is 5.95. The number of amides is 1. The van der Waals surface area contributed by atoms with Crippen LogP contribution in [-0.2, 0) is 13.9 Å². The van der Waals surface area contributed by atoms with E-state index in [9.17, 15) is 9.36 Å². The van der Waals surface area contributed by atoms with Gasteiger partial charge in [-0.25, -0.2) is 4.57 Å². The molecule has 0 aliphatic carbocycles. The van der Waals surface area contributed by atoms with Crippen LogP contribution in [-0.4, -0.2) is 22.3 Å². The minimum atomic E-state index is -4.43. The molecule has 0 bridgehead atoms. The van der Waals surface area contributed by atoms with Crippen molar-refractivity contribution < 1.29 is 23.7 Å². The van der Waals surface area contributed by atoms with E-state index in [0.717, 1.165) is 0 Å². The third-order valence-electron chi connectivity index (χ3n) is 0.608. The molecule has 6 nitrogen and oxygen atoms in total. The van der Waals surface area contributed by atoms with E-state index in [4.69, 9.17) is 9.79 Å². The lowest BCUT2D eigenvalue weighted by molar-refractivity contribution is -0.118. The number of nitrogens with two attached hydrogens (primary N) is 1. The van der Waals surface area contributed by atoms with Crippen molar-refractivity contribution >= 4 is 13.7 Å². The summed E-state index contributed by atoms with van der Waals surface area (Å²) in [6, 6.07) is 0. The molecule has 0 atom stereocenters. The monoisotopic (exact) mass is 169 g/mol. The van der Waals surface area contributed by atoms with Crippen molar-refractivity contribution in [1.29, 1.82) is 0 Å². The summed E-state index contributed by atoms with van der Waals surface area (Å²) >= 11 is 0. The minimum Gasteiger partial charge on any atom is -0.370 e. The Bertz CT molecular complexity index is 162. The van der Waals surface area contributed by atoms with Crippen molar-refractivity contribution in [3.05, 3.63) is 0 Å². The van der Waals surface area contributed by atoms with Crippen molar-refractivity contribution in [2.75, 3.05) is 6.61 Å². The molecular formula is C3H8NO5P. The molecule has 10 heavy (non-hydrogen) atoms. The number of carbonyl (C=O) groups excluding carboxylic acids is 1. The van der Waals surface area contributed by atoms with Gasteiger partial charge in [0.15, 0.2) is 0 Å². The SMILES string of the molecule is NC(=O)CCOP(=O)(O)O. The first-order chi connectivity index (χ1) is 4.42. The number of hydrogen-bond donors (Lipinski definition) is 3. The first kappa shape index (κ1) is 9.58. The quantitative estimate of drug-likeness (QED) is 0.466. The van der Waals surface area contributed by atoms with Crippen LogP contribution >= 0.6 is 7.82 Å². The van der Waals surface area contributed by atoms with Crippen molar-refractivity contribution in [3.63, 3.8) is 0 Å². The zero-order chi connectivity index (χ0) is 8.20. The predicted octanol–water partition coefficient (Wildman–Crippen LogP) is -1.03. The Balaban J connectivity index is 3.39. The van der Waals surface area contributed by atoms with Crippen LogP contribution in [0.2, 0.25) is 0 Å². The average Bonchev–Trinajstić information content (AvgIpc) is 1.59. The van der Waals surface area contributed by atoms with Crippen LogP contribution in [0.5, 0.6) is 0 Å². The summed E-state index contributed by atoms with van der Waals surface area (Å²) in [6.45, 7) is -0.348. The summed E-state index contributed by atoms with van der Waals surface area (Å²) in [5, 5.41) is 0. The van der Waals surface area contributed by atoms with Crippen LogP contribution in [0.4, 0.5) is 0 Å². The van der Waals surface area contributed by atoms with Crippen molar-refractivity contribution in [3.8, 4) is 0 Å². The van der Waals surface area contributed by atoms with Gasteiger partial charge in [-0.15, -0.1) is 0 Å². The predicted molar refractivity (Wildman–Crippen MR) is 31.8 cm³/mol. The maximum Gasteiger partial charge on any atom is 0.469 e. The fourth-order valence-electron chi connectivity index (χ4n) is 0.265. The second-order valence-electron chi connectivity index (χ2n) is 1.54. The van der Waals surface area contributed by atoms with Crippen LogP contribution in [0, 0.1) is 0 Å². The Morgan fingerprint density at radius 1 is 1.60 bits per heavy atom. The Morgan fingerprint density at radius 3 is 2.40 bits per heavy atom. The molecule has 1 amide bonds. The van der Waals surface area contributed by atoms with Crippen LogP contribution < -0.4 is 5.73 Å². The van der Waals surface area contributed by atoms with Gasteiger partial charge in [0, 0.05) is 0 Å². The summed E-state index contributed by atoms with van der Waals surface area (Å²) < 4.78 is 13.8. The van der Waals surface area contributed by atoms with Gasteiger partial charge in [0.2, 0.25) is 5.91 Å². The highest BCUT2D eigenvalue weighted by molar-refractivity contribution is 7.46. The first-order valence-electron chi connectivity index (χ1n) is 2.40. The van der Waals surface area contributed by atoms with E-state index in [1.807, 2.05) is 0 Å². The van der Waals surface area contributed by atoms with Gasteiger partial charge in [0.05, 0.1) is 13.0 Å². The lowest BCUT2D eigenvalue weighted by Gasteiger charge is -2.01. The van der Waals surface area contributed by atoms with Gasteiger partial charge in [-0.3, -0.25) is 9.32 Å². The van der Waals surface area contributed by atoms with Gasteiger partial charge < -0.3 is 15.5 Å². The zero-order valence-electron chi connectivity index (χ0n) is 5.06. The maximum absolute atomic E-state index is 9.97. The van der Waals surface area contributed by atoms with Crippen LogP contribution in [0.3, 0.4) is 0 Å². The Morgan fingerprint density at radius 2 is 2.10 bits per heavy atom. The molecule has 0 aromatic carbocycles. The molecule has 0 saturated heterocycles. The van der Waals surface area contributed by atoms with Gasteiger partial charge in [0.25, 0.3) is 0 Å². The Kier molecular flexibility index (Phi) is 3.52. The summed E-state index contributed by atoms with van der Waals surface area (Å²) in [6.07, 6.45) is -0.189. The molecule has 60 valence electrons. The molecule has 0 radical (unpaired) electrons. The molecular weight excluding hydrogens is 161 g/mol. The highest BCUT2D eigenvalue weighted by Gasteiger charge is 2.13. The lowest BCUT2D eigenvalue weighted by atomic mass is 10.4. The standard InChI is InChI=1S/C3H8NO5P/c4-3(5)1-2-9-10(6,7)8/h1-2H2,(H2,4,5)(H2,6,7,8). The summed E-state index contributed by atoms with van der Waals surface area (Å²) in [5.41, 5.74) is 4.65. The van der Waals surface area contributed by atoms with Gasteiger partial charge in [-0.2, -0.15) is 0 Å². The summed E-state index contributed by atoms with van der Waals surface area (Å²) in [5.74, 6) is -0.659. The normalized spacial score (nSPS) is 11.4. The molecule has 0 aromatic heterocycles. The average molecular weight is 169 g/mol. The van der Waals surface area contributed by atoms with E-state index in [-0.39, 0.29) is 13.0 Å². The fourth-order valence-corrected chi connectivity index (χ4v) is 0.594.